The Balaban J connectivity index is 1.50. The van der Waals surface area contributed by atoms with E-state index in [0.29, 0.717) is 29.7 Å². The molecule has 204 valence electrons. The highest BCUT2D eigenvalue weighted by Gasteiger charge is 2.36. The first-order valence-corrected chi connectivity index (χ1v) is 12.4. The lowest BCUT2D eigenvalue weighted by molar-refractivity contribution is -0.141. The zero-order chi connectivity index (χ0) is 28.4. The second-order valence-corrected chi connectivity index (χ2v) is 9.52. The van der Waals surface area contributed by atoms with Crippen LogP contribution in [0.5, 0.6) is 5.75 Å². The number of nitrogens with zero attached hydrogens (tertiary/aromatic N) is 3. The van der Waals surface area contributed by atoms with E-state index in [9.17, 15) is 32.7 Å². The van der Waals surface area contributed by atoms with Gasteiger partial charge in [-0.05, 0) is 67.3 Å². The van der Waals surface area contributed by atoms with Crippen LogP contribution in [0.2, 0.25) is 0 Å². The predicted octanol–water partition coefficient (Wildman–Crippen LogP) is 5.95. The highest BCUT2D eigenvalue weighted by molar-refractivity contribution is 6.03. The Hall–Kier alpha value is -4.69. The number of phenolic OH excluding ortho intramolecular Hbond substituents is 1. The second kappa shape index (κ2) is 10.8. The van der Waals surface area contributed by atoms with Crippen molar-refractivity contribution >= 4 is 11.6 Å². The number of para-hydroxylation sites is 1. The number of aromatic nitrogens is 2. The van der Waals surface area contributed by atoms with Crippen LogP contribution in [0.4, 0.5) is 23.2 Å². The smallest absolute Gasteiger partial charge is 0.435 e. The molecule has 11 heteroatoms. The molecule has 3 aromatic carbocycles. The lowest BCUT2D eigenvalue weighted by Gasteiger charge is -2.22. The van der Waals surface area contributed by atoms with Gasteiger partial charge in [0.2, 0.25) is 0 Å². The number of amides is 1. The number of phenols is 1. The summed E-state index contributed by atoms with van der Waals surface area (Å²) in [6, 6.07) is 18.2. The lowest BCUT2D eigenvalue weighted by atomic mass is 9.97. The number of hydrogen-bond acceptors (Lipinski definition) is 5. The van der Waals surface area contributed by atoms with Crippen LogP contribution < -0.4 is 10.6 Å². The molecule has 1 heterocycles. The van der Waals surface area contributed by atoms with Crippen LogP contribution in [0, 0.1) is 23.1 Å². The summed E-state index contributed by atoms with van der Waals surface area (Å²) in [4.78, 5) is 13.3. The van der Waals surface area contributed by atoms with Crippen LogP contribution in [0.1, 0.15) is 51.8 Å². The van der Waals surface area contributed by atoms with Gasteiger partial charge in [0.05, 0.1) is 29.0 Å². The van der Waals surface area contributed by atoms with E-state index in [4.69, 9.17) is 0 Å². The molecule has 1 aliphatic carbocycles. The van der Waals surface area contributed by atoms with Crippen molar-refractivity contribution in [3.63, 3.8) is 0 Å². The summed E-state index contributed by atoms with van der Waals surface area (Å²) >= 11 is 0. The molecule has 0 spiro atoms. The van der Waals surface area contributed by atoms with E-state index in [-0.39, 0.29) is 22.7 Å². The molecule has 1 fully saturated rings. The van der Waals surface area contributed by atoms with Crippen molar-refractivity contribution < 1.29 is 27.5 Å². The third kappa shape index (κ3) is 5.82. The summed E-state index contributed by atoms with van der Waals surface area (Å²) in [5.74, 6) is -1.31. The largest absolute Gasteiger partial charge is 0.508 e. The third-order valence-electron chi connectivity index (χ3n) is 6.58. The number of carbonyl (C=O) groups is 1. The van der Waals surface area contributed by atoms with Crippen molar-refractivity contribution in [2.24, 2.45) is 5.92 Å². The predicted molar refractivity (Wildman–Crippen MR) is 138 cm³/mol. The average Bonchev–Trinajstić information content (AvgIpc) is 3.64. The van der Waals surface area contributed by atoms with Gasteiger partial charge in [0.1, 0.15) is 17.3 Å². The molecule has 5 rings (SSSR count). The van der Waals surface area contributed by atoms with Crippen LogP contribution in [-0.4, -0.2) is 27.3 Å². The normalized spacial score (nSPS) is 14.0. The molecule has 1 amide bonds. The maximum atomic E-state index is 14.9. The number of alkyl halides is 3. The number of nitriles is 1. The van der Waals surface area contributed by atoms with E-state index in [2.05, 4.69) is 15.7 Å². The van der Waals surface area contributed by atoms with Gasteiger partial charge in [-0.3, -0.25) is 4.79 Å². The van der Waals surface area contributed by atoms with Crippen molar-refractivity contribution in [1.29, 1.82) is 5.26 Å². The minimum absolute atomic E-state index is 0.0360. The molecule has 4 aromatic rings. The quantitative estimate of drug-likeness (QED) is 0.236. The number of benzene rings is 3. The zero-order valence-corrected chi connectivity index (χ0v) is 20.9. The number of nitrogens with one attached hydrogen (secondary N) is 2. The molecule has 1 unspecified atom stereocenters. The molecule has 40 heavy (non-hydrogen) atoms. The van der Waals surface area contributed by atoms with Gasteiger partial charge < -0.3 is 15.7 Å². The summed E-state index contributed by atoms with van der Waals surface area (Å²) in [6.07, 6.45) is -2.69. The molecule has 1 aliphatic rings. The monoisotopic (exact) mass is 549 g/mol. The highest BCUT2D eigenvalue weighted by atomic mass is 19.4. The van der Waals surface area contributed by atoms with E-state index < -0.39 is 35.3 Å². The standard InChI is InChI=1S/C29H23F4N5O2/c30-22-11-10-19(27(35-16-17-8-9-17)21-6-1-2-7-25(21)39)13-23(22)36-28(40)24-14-26(29(31,32)33)37-38(24)20-5-3-4-18(12-20)15-34/h1-7,10-14,17,27,35,39H,8-9,16H2,(H,36,40). The van der Waals surface area contributed by atoms with Gasteiger partial charge in [-0.15, -0.1) is 0 Å². The average molecular weight is 550 g/mol. The minimum atomic E-state index is -4.85. The Bertz CT molecular complexity index is 1600. The number of hydrogen-bond donors (Lipinski definition) is 3. The first-order chi connectivity index (χ1) is 19.1. The molecular formula is C29H23F4N5O2. The highest BCUT2D eigenvalue weighted by Crippen LogP contribution is 2.34. The van der Waals surface area contributed by atoms with Gasteiger partial charge in [0, 0.05) is 11.6 Å². The fraction of sp³-hybridized carbons (Fsp3) is 0.207. The van der Waals surface area contributed by atoms with Crippen molar-refractivity contribution in [1.82, 2.24) is 15.1 Å². The van der Waals surface area contributed by atoms with E-state index in [0.717, 1.165) is 23.6 Å². The molecule has 1 saturated carbocycles. The number of aromatic hydroxyl groups is 1. The molecule has 0 radical (unpaired) electrons. The van der Waals surface area contributed by atoms with Crippen LogP contribution >= 0.6 is 0 Å². The molecular weight excluding hydrogens is 526 g/mol. The fourth-order valence-electron chi connectivity index (χ4n) is 4.34. The molecule has 3 N–H and O–H groups in total. The first kappa shape index (κ1) is 26.9. The molecule has 0 saturated heterocycles. The van der Waals surface area contributed by atoms with E-state index in [1.165, 1.54) is 42.5 Å². The summed E-state index contributed by atoms with van der Waals surface area (Å²) in [6.45, 7) is 0.666. The Morgan fingerprint density at radius 2 is 1.88 bits per heavy atom. The second-order valence-electron chi connectivity index (χ2n) is 9.52. The van der Waals surface area contributed by atoms with Crippen molar-refractivity contribution in [2.45, 2.75) is 25.1 Å². The van der Waals surface area contributed by atoms with Crippen LogP contribution in [0.25, 0.3) is 5.69 Å². The van der Waals surface area contributed by atoms with Gasteiger partial charge in [0.15, 0.2) is 5.69 Å². The van der Waals surface area contributed by atoms with Gasteiger partial charge in [-0.25, -0.2) is 9.07 Å². The number of halogens is 4. The summed E-state index contributed by atoms with van der Waals surface area (Å²) in [5.41, 5.74) is -0.793. The van der Waals surface area contributed by atoms with Gasteiger partial charge in [-0.1, -0.05) is 30.3 Å². The van der Waals surface area contributed by atoms with Crippen molar-refractivity contribution in [3.8, 4) is 17.5 Å². The van der Waals surface area contributed by atoms with Crippen molar-refractivity contribution in [2.75, 3.05) is 11.9 Å². The Morgan fingerprint density at radius 3 is 2.58 bits per heavy atom. The van der Waals surface area contributed by atoms with E-state index in [1.807, 2.05) is 6.07 Å². The number of rotatable bonds is 8. The maximum absolute atomic E-state index is 14.9. The Kier molecular flexibility index (Phi) is 7.28. The summed E-state index contributed by atoms with van der Waals surface area (Å²) < 4.78 is 56.2. The molecule has 1 atom stereocenters. The van der Waals surface area contributed by atoms with E-state index in [1.54, 1.807) is 18.2 Å². The molecule has 0 bridgehead atoms. The molecule has 1 aromatic heterocycles. The topological polar surface area (TPSA) is 103 Å². The number of anilines is 1. The Morgan fingerprint density at radius 1 is 1.10 bits per heavy atom. The SMILES string of the molecule is N#Cc1cccc(-n2nc(C(F)(F)F)cc2C(=O)Nc2cc(C(NCC3CC3)c3ccccc3O)ccc2F)c1. The van der Waals surface area contributed by atoms with Crippen LogP contribution in [0.3, 0.4) is 0 Å². The number of carbonyl (C=O) groups excluding carboxylic acids is 1. The van der Waals surface area contributed by atoms with Gasteiger partial charge in [-0.2, -0.15) is 23.5 Å². The lowest BCUT2D eigenvalue weighted by Crippen LogP contribution is -2.25. The van der Waals surface area contributed by atoms with Crippen LogP contribution in [-0.2, 0) is 6.18 Å². The zero-order valence-electron chi connectivity index (χ0n) is 20.9. The maximum Gasteiger partial charge on any atom is 0.435 e. The first-order valence-electron chi connectivity index (χ1n) is 12.4. The van der Waals surface area contributed by atoms with E-state index >= 15 is 0 Å². The van der Waals surface area contributed by atoms with Gasteiger partial charge >= 0.3 is 6.18 Å². The summed E-state index contributed by atoms with van der Waals surface area (Å²) in [7, 11) is 0. The Labute approximate surface area is 226 Å². The third-order valence-corrected chi connectivity index (χ3v) is 6.58. The minimum Gasteiger partial charge on any atom is -0.508 e. The molecule has 0 aliphatic heterocycles. The fourth-order valence-corrected chi connectivity index (χ4v) is 4.34. The van der Waals surface area contributed by atoms with Gasteiger partial charge in [0.25, 0.3) is 5.91 Å². The van der Waals surface area contributed by atoms with Crippen LogP contribution in [0.15, 0.2) is 72.8 Å². The summed E-state index contributed by atoms with van der Waals surface area (Å²) in [5, 5.41) is 29.0. The molecule has 7 nitrogen and oxygen atoms in total. The van der Waals surface area contributed by atoms with Crippen molar-refractivity contribution in [3.05, 3.63) is 107 Å².